The average molecular weight is 502 g/mol. The van der Waals surface area contributed by atoms with Gasteiger partial charge in [-0.2, -0.15) is 13.2 Å². The van der Waals surface area contributed by atoms with E-state index in [9.17, 15) is 13.2 Å². The monoisotopic (exact) mass is 502 g/mol. The van der Waals surface area contributed by atoms with Crippen LogP contribution < -0.4 is 10.6 Å². The van der Waals surface area contributed by atoms with E-state index in [0.29, 0.717) is 36.4 Å². The van der Waals surface area contributed by atoms with E-state index in [1.54, 1.807) is 6.26 Å². The number of alkyl halides is 3. The molecule has 0 aromatic carbocycles. The van der Waals surface area contributed by atoms with E-state index in [1.165, 1.54) is 0 Å². The molecule has 0 radical (unpaired) electrons. The maximum atomic E-state index is 12.6. The molecule has 0 fully saturated rings. The normalized spacial score (nSPS) is 12.2. The molecule has 2 N–H and O–H groups in total. The van der Waals surface area contributed by atoms with Crippen molar-refractivity contribution in [3.8, 4) is 0 Å². The predicted octanol–water partition coefficient (Wildman–Crippen LogP) is 4.31. The lowest BCUT2D eigenvalue weighted by atomic mass is 10.2. The number of nitrogens with one attached hydrogen (secondary N) is 2. The Labute approximate surface area is 171 Å². The van der Waals surface area contributed by atoms with Crippen LogP contribution in [0.25, 0.3) is 0 Å². The molecule has 146 valence electrons. The zero-order valence-corrected chi connectivity index (χ0v) is 17.6. The zero-order chi connectivity index (χ0) is 18.3. The first-order valence-corrected chi connectivity index (χ1v) is 8.78. The summed E-state index contributed by atoms with van der Waals surface area (Å²) in [6.45, 7) is 5.52. The summed E-state index contributed by atoms with van der Waals surface area (Å²) < 4.78 is 43.0. The van der Waals surface area contributed by atoms with Crippen molar-refractivity contribution in [2.45, 2.75) is 33.0 Å². The van der Waals surface area contributed by atoms with E-state index in [0.717, 1.165) is 22.5 Å². The maximum Gasteiger partial charge on any atom is 0.434 e. The highest BCUT2D eigenvalue weighted by molar-refractivity contribution is 14.0. The fourth-order valence-corrected chi connectivity index (χ4v) is 2.62. The van der Waals surface area contributed by atoms with Crippen LogP contribution in [0.5, 0.6) is 0 Å². The minimum atomic E-state index is -4.42. The molecular weight excluding hydrogens is 480 g/mol. The number of hydrogen-bond donors (Lipinski definition) is 2. The van der Waals surface area contributed by atoms with Crippen LogP contribution in [-0.2, 0) is 19.1 Å². The quantitative estimate of drug-likeness (QED) is 0.337. The second kappa shape index (κ2) is 10.8. The average Bonchev–Trinajstić information content (AvgIpc) is 3.20. The predicted molar refractivity (Wildman–Crippen MR) is 107 cm³/mol. The number of furan rings is 1. The molecule has 10 heteroatoms. The van der Waals surface area contributed by atoms with Crippen molar-refractivity contribution in [2.75, 3.05) is 13.1 Å². The molecule has 0 aliphatic rings. The van der Waals surface area contributed by atoms with Crippen LogP contribution in [0.15, 0.2) is 33.2 Å². The second-order valence-electron chi connectivity index (χ2n) is 5.82. The number of rotatable bonds is 7. The van der Waals surface area contributed by atoms with Gasteiger partial charge in [0.15, 0.2) is 11.7 Å². The van der Waals surface area contributed by atoms with Gasteiger partial charge in [0.05, 0.1) is 12.8 Å². The summed E-state index contributed by atoms with van der Waals surface area (Å²) in [7, 11) is 0. The van der Waals surface area contributed by atoms with Crippen molar-refractivity contribution in [1.82, 2.24) is 15.6 Å². The molecule has 0 saturated carbocycles. The number of thiazole rings is 1. The Morgan fingerprint density at radius 1 is 1.35 bits per heavy atom. The molecule has 2 aromatic heterocycles. The summed E-state index contributed by atoms with van der Waals surface area (Å²) >= 11 is 0.956. The van der Waals surface area contributed by atoms with Gasteiger partial charge >= 0.3 is 6.18 Å². The highest BCUT2D eigenvalue weighted by Crippen LogP contribution is 2.30. The number of guanidine groups is 1. The van der Waals surface area contributed by atoms with Gasteiger partial charge in [0.1, 0.15) is 10.8 Å². The minimum Gasteiger partial charge on any atom is -0.469 e. The van der Waals surface area contributed by atoms with Crippen LogP contribution >= 0.6 is 35.3 Å². The summed E-state index contributed by atoms with van der Waals surface area (Å²) in [4.78, 5) is 7.91. The maximum absolute atomic E-state index is 12.6. The van der Waals surface area contributed by atoms with Crippen molar-refractivity contribution < 1.29 is 17.6 Å². The summed E-state index contributed by atoms with van der Waals surface area (Å²) in [6, 6.07) is 3.70. The molecule has 5 nitrogen and oxygen atoms in total. The van der Waals surface area contributed by atoms with Gasteiger partial charge in [-0.3, -0.25) is 0 Å². The van der Waals surface area contributed by atoms with Crippen molar-refractivity contribution >= 4 is 41.3 Å². The van der Waals surface area contributed by atoms with Crippen molar-refractivity contribution in [1.29, 1.82) is 0 Å². The van der Waals surface area contributed by atoms with Crippen LogP contribution in [-0.4, -0.2) is 24.0 Å². The largest absolute Gasteiger partial charge is 0.469 e. The third kappa shape index (κ3) is 7.94. The highest BCUT2D eigenvalue weighted by atomic mass is 127. The molecule has 26 heavy (non-hydrogen) atoms. The molecule has 0 bridgehead atoms. The van der Waals surface area contributed by atoms with Crippen LogP contribution in [0, 0.1) is 5.92 Å². The summed E-state index contributed by atoms with van der Waals surface area (Å²) in [6.07, 6.45) is -2.12. The molecule has 0 aliphatic carbocycles. The lowest BCUT2D eigenvalue weighted by Crippen LogP contribution is -2.40. The van der Waals surface area contributed by atoms with E-state index in [2.05, 4.69) is 34.5 Å². The molecule has 0 unspecified atom stereocenters. The fraction of sp³-hybridized carbons (Fsp3) is 0.500. The fourth-order valence-electron chi connectivity index (χ4n) is 1.89. The number of aliphatic imine (C=N–C) groups is 1. The molecule has 0 atom stereocenters. The Morgan fingerprint density at radius 3 is 2.69 bits per heavy atom. The standard InChI is InChI=1S/C16H21F3N4OS.HI/c1-11(2)8-21-15(20-6-5-12-4-3-7-24-12)22-9-14-23-13(10-25-14)16(17,18)19;/h3-4,7,10-11H,5-6,8-9H2,1-2H3,(H2,20,21,22);1H. The van der Waals surface area contributed by atoms with Gasteiger partial charge in [-0.15, -0.1) is 35.3 Å². The molecule has 2 aromatic rings. The van der Waals surface area contributed by atoms with Gasteiger partial charge in [-0.25, -0.2) is 9.98 Å². The SMILES string of the molecule is CC(C)CNC(=NCc1nc(C(F)(F)F)cs1)NCCc1ccco1.I. The van der Waals surface area contributed by atoms with Crippen LogP contribution in [0.1, 0.15) is 30.3 Å². The third-order valence-electron chi connectivity index (χ3n) is 3.14. The second-order valence-corrected chi connectivity index (χ2v) is 6.76. The molecule has 0 amide bonds. The zero-order valence-electron chi connectivity index (χ0n) is 14.5. The van der Waals surface area contributed by atoms with Crippen molar-refractivity contribution in [2.24, 2.45) is 10.9 Å². The number of nitrogens with zero attached hydrogens (tertiary/aromatic N) is 2. The Morgan fingerprint density at radius 2 is 2.12 bits per heavy atom. The van der Waals surface area contributed by atoms with Gasteiger partial charge in [-0.05, 0) is 18.1 Å². The summed E-state index contributed by atoms with van der Waals surface area (Å²) in [5, 5.41) is 7.66. The smallest absolute Gasteiger partial charge is 0.434 e. The molecular formula is C16H22F3IN4OS. The minimum absolute atomic E-state index is 0. The van der Waals surface area contributed by atoms with E-state index < -0.39 is 11.9 Å². The van der Waals surface area contributed by atoms with Gasteiger partial charge < -0.3 is 15.1 Å². The summed E-state index contributed by atoms with van der Waals surface area (Å²) in [5.41, 5.74) is -0.870. The van der Waals surface area contributed by atoms with E-state index in [-0.39, 0.29) is 30.5 Å². The van der Waals surface area contributed by atoms with Gasteiger partial charge in [-0.1, -0.05) is 13.8 Å². The number of halogens is 4. The van der Waals surface area contributed by atoms with E-state index in [1.807, 2.05) is 12.1 Å². The molecule has 0 saturated heterocycles. The Balaban J connectivity index is 0.00000338. The van der Waals surface area contributed by atoms with Crippen molar-refractivity contribution in [3.05, 3.63) is 40.2 Å². The van der Waals surface area contributed by atoms with Crippen LogP contribution in [0.3, 0.4) is 0 Å². The molecule has 2 heterocycles. The number of hydrogen-bond acceptors (Lipinski definition) is 4. The number of aromatic nitrogens is 1. The first-order chi connectivity index (χ1) is 11.8. The molecule has 0 aliphatic heterocycles. The van der Waals surface area contributed by atoms with Crippen LogP contribution in [0.4, 0.5) is 13.2 Å². The lowest BCUT2D eigenvalue weighted by Gasteiger charge is -2.13. The molecule has 2 rings (SSSR count). The summed E-state index contributed by atoms with van der Waals surface area (Å²) in [5.74, 6) is 1.81. The van der Waals surface area contributed by atoms with E-state index >= 15 is 0 Å². The Bertz CT molecular complexity index is 671. The third-order valence-corrected chi connectivity index (χ3v) is 3.97. The Kier molecular flexibility index (Phi) is 9.41. The lowest BCUT2D eigenvalue weighted by molar-refractivity contribution is -0.140. The van der Waals surface area contributed by atoms with Gasteiger partial charge in [0.25, 0.3) is 0 Å². The van der Waals surface area contributed by atoms with E-state index in [4.69, 9.17) is 4.42 Å². The first kappa shape index (κ1) is 22.7. The Hall–Kier alpha value is -1.30. The van der Waals surface area contributed by atoms with Gasteiger partial charge in [0.2, 0.25) is 0 Å². The topological polar surface area (TPSA) is 62.5 Å². The van der Waals surface area contributed by atoms with Crippen molar-refractivity contribution in [3.63, 3.8) is 0 Å². The first-order valence-electron chi connectivity index (χ1n) is 7.90. The van der Waals surface area contributed by atoms with Gasteiger partial charge in [0, 0.05) is 24.9 Å². The highest BCUT2D eigenvalue weighted by Gasteiger charge is 2.33. The molecule has 0 spiro atoms. The van der Waals surface area contributed by atoms with Crippen LogP contribution in [0.2, 0.25) is 0 Å².